The van der Waals surface area contributed by atoms with E-state index in [1.165, 1.54) is 31.5 Å². The van der Waals surface area contributed by atoms with E-state index >= 15 is 0 Å². The minimum Gasteiger partial charge on any atom is -0.348 e. The molecule has 0 unspecified atom stereocenters. The standard InChI is InChI=1S/C27H33N5O/c1-21-25(30-32(29-21)24-12-6-3-7-13-24)26(33)28-23-14-16-27(17-15-23,31-18-8-9-19-31)20-22-10-4-2-5-11-22/h2-7,10-13,23H,8-9,14-20H2,1H3,(H,28,33). The van der Waals surface area contributed by atoms with Gasteiger partial charge in [-0.2, -0.15) is 9.90 Å². The van der Waals surface area contributed by atoms with Gasteiger partial charge in [0.2, 0.25) is 0 Å². The molecular weight excluding hydrogens is 410 g/mol. The average molecular weight is 444 g/mol. The Labute approximate surface area is 196 Å². The van der Waals surface area contributed by atoms with E-state index in [1.54, 1.807) is 4.80 Å². The highest BCUT2D eigenvalue weighted by molar-refractivity contribution is 5.93. The number of aromatic nitrogens is 3. The Morgan fingerprint density at radius 1 is 0.970 bits per heavy atom. The molecule has 5 rings (SSSR count). The lowest BCUT2D eigenvalue weighted by Gasteiger charge is -2.47. The van der Waals surface area contributed by atoms with Gasteiger partial charge in [-0.1, -0.05) is 48.5 Å². The van der Waals surface area contributed by atoms with Gasteiger partial charge >= 0.3 is 0 Å². The summed E-state index contributed by atoms with van der Waals surface area (Å²) in [5.74, 6) is -0.114. The highest BCUT2D eigenvalue weighted by Crippen LogP contribution is 2.38. The minimum absolute atomic E-state index is 0.114. The number of hydrogen-bond acceptors (Lipinski definition) is 4. The largest absolute Gasteiger partial charge is 0.348 e. The molecule has 1 saturated carbocycles. The van der Waals surface area contributed by atoms with Gasteiger partial charge in [-0.3, -0.25) is 9.69 Å². The van der Waals surface area contributed by atoms with Crippen LogP contribution in [0.4, 0.5) is 0 Å². The monoisotopic (exact) mass is 443 g/mol. The summed E-state index contributed by atoms with van der Waals surface area (Å²) in [6.45, 7) is 4.25. The van der Waals surface area contributed by atoms with Crippen LogP contribution in [0, 0.1) is 6.92 Å². The smallest absolute Gasteiger partial charge is 0.273 e. The second-order valence-electron chi connectivity index (χ2n) is 9.59. The lowest BCUT2D eigenvalue weighted by molar-refractivity contribution is 0.0593. The number of nitrogens with one attached hydrogen (secondary N) is 1. The van der Waals surface area contributed by atoms with E-state index in [0.29, 0.717) is 11.4 Å². The number of carbonyl (C=O) groups excluding carboxylic acids is 1. The third kappa shape index (κ3) is 4.71. The third-order valence-corrected chi connectivity index (χ3v) is 7.39. The molecule has 1 aliphatic carbocycles. The van der Waals surface area contributed by atoms with Gasteiger partial charge in [0.15, 0.2) is 5.69 Å². The van der Waals surface area contributed by atoms with Crippen LogP contribution in [0.3, 0.4) is 0 Å². The van der Waals surface area contributed by atoms with Crippen molar-refractivity contribution in [3.63, 3.8) is 0 Å². The quantitative estimate of drug-likeness (QED) is 0.616. The molecule has 2 fully saturated rings. The number of carbonyl (C=O) groups is 1. The summed E-state index contributed by atoms with van der Waals surface area (Å²) in [5, 5.41) is 12.2. The lowest BCUT2D eigenvalue weighted by Crippen LogP contribution is -2.54. The summed E-state index contributed by atoms with van der Waals surface area (Å²) in [4.78, 5) is 17.3. The third-order valence-electron chi connectivity index (χ3n) is 7.39. The van der Waals surface area contributed by atoms with Crippen LogP contribution in [0.25, 0.3) is 5.69 Å². The van der Waals surface area contributed by atoms with Crippen molar-refractivity contribution in [1.29, 1.82) is 0 Å². The molecule has 6 nitrogen and oxygen atoms in total. The van der Waals surface area contributed by atoms with Crippen molar-refractivity contribution in [3.8, 4) is 5.69 Å². The summed E-state index contributed by atoms with van der Waals surface area (Å²) in [5.41, 5.74) is 3.56. The number of rotatable bonds is 6. The van der Waals surface area contributed by atoms with Gasteiger partial charge in [0, 0.05) is 11.6 Å². The van der Waals surface area contributed by atoms with Crippen LogP contribution in [-0.4, -0.2) is 50.5 Å². The Morgan fingerprint density at radius 3 is 2.27 bits per heavy atom. The number of likely N-dealkylation sites (tertiary alicyclic amines) is 1. The molecule has 1 saturated heterocycles. The topological polar surface area (TPSA) is 63.1 Å². The van der Waals surface area contributed by atoms with Crippen molar-refractivity contribution in [2.24, 2.45) is 0 Å². The first-order chi connectivity index (χ1) is 16.1. The zero-order valence-corrected chi connectivity index (χ0v) is 19.4. The molecule has 172 valence electrons. The predicted molar refractivity (Wildman–Crippen MR) is 130 cm³/mol. The molecule has 1 amide bonds. The van der Waals surface area contributed by atoms with E-state index in [-0.39, 0.29) is 17.5 Å². The number of aryl methyl sites for hydroxylation is 1. The molecule has 2 aromatic carbocycles. The predicted octanol–water partition coefficient (Wildman–Crippen LogP) is 4.33. The molecule has 2 aliphatic rings. The van der Waals surface area contributed by atoms with E-state index in [0.717, 1.165) is 37.8 Å². The fourth-order valence-electron chi connectivity index (χ4n) is 5.59. The summed E-state index contributed by atoms with van der Waals surface area (Å²) >= 11 is 0. The van der Waals surface area contributed by atoms with Gasteiger partial charge in [0.1, 0.15) is 0 Å². The summed E-state index contributed by atoms with van der Waals surface area (Å²) in [6, 6.07) is 20.8. The molecule has 1 aliphatic heterocycles. The van der Waals surface area contributed by atoms with Crippen molar-refractivity contribution in [2.45, 2.75) is 63.5 Å². The Bertz CT molecular complexity index is 1060. The van der Waals surface area contributed by atoms with Crippen LogP contribution in [0.2, 0.25) is 0 Å². The van der Waals surface area contributed by atoms with Crippen molar-refractivity contribution in [2.75, 3.05) is 13.1 Å². The molecule has 0 atom stereocenters. The molecule has 2 heterocycles. The summed E-state index contributed by atoms with van der Waals surface area (Å²) in [7, 11) is 0. The molecule has 0 bridgehead atoms. The van der Waals surface area contributed by atoms with Gasteiger partial charge < -0.3 is 5.32 Å². The van der Waals surface area contributed by atoms with Gasteiger partial charge in [-0.15, -0.1) is 5.10 Å². The number of amides is 1. The van der Waals surface area contributed by atoms with E-state index in [9.17, 15) is 4.79 Å². The Balaban J connectivity index is 1.25. The second kappa shape index (κ2) is 9.48. The van der Waals surface area contributed by atoms with Crippen LogP contribution in [0.5, 0.6) is 0 Å². The average Bonchev–Trinajstić information content (AvgIpc) is 3.52. The Kier molecular flexibility index (Phi) is 6.27. The zero-order valence-electron chi connectivity index (χ0n) is 19.4. The number of nitrogens with zero attached hydrogens (tertiary/aromatic N) is 4. The van der Waals surface area contributed by atoms with Crippen molar-refractivity contribution in [1.82, 2.24) is 25.2 Å². The molecule has 1 aromatic heterocycles. The maximum Gasteiger partial charge on any atom is 0.273 e. The van der Waals surface area contributed by atoms with E-state index in [4.69, 9.17) is 0 Å². The molecule has 0 radical (unpaired) electrons. The van der Waals surface area contributed by atoms with Gasteiger partial charge in [0.25, 0.3) is 5.91 Å². The molecule has 6 heteroatoms. The van der Waals surface area contributed by atoms with Crippen LogP contribution < -0.4 is 5.32 Å². The molecule has 3 aromatic rings. The van der Waals surface area contributed by atoms with Gasteiger partial charge in [-0.25, -0.2) is 0 Å². The number of benzene rings is 2. The van der Waals surface area contributed by atoms with Crippen molar-refractivity contribution < 1.29 is 4.79 Å². The second-order valence-corrected chi connectivity index (χ2v) is 9.59. The number of hydrogen-bond donors (Lipinski definition) is 1. The van der Waals surface area contributed by atoms with E-state index in [2.05, 4.69) is 50.7 Å². The maximum absolute atomic E-state index is 13.0. The van der Waals surface area contributed by atoms with Crippen molar-refractivity contribution in [3.05, 3.63) is 77.6 Å². The minimum atomic E-state index is -0.114. The normalized spacial score (nSPS) is 23.5. The van der Waals surface area contributed by atoms with E-state index < -0.39 is 0 Å². The highest BCUT2D eigenvalue weighted by Gasteiger charge is 2.41. The fraction of sp³-hybridized carbons (Fsp3) is 0.444. The highest BCUT2D eigenvalue weighted by atomic mass is 16.2. The SMILES string of the molecule is Cc1nn(-c2ccccc2)nc1C(=O)NC1CCC(Cc2ccccc2)(N2CCCC2)CC1. The number of para-hydroxylation sites is 1. The van der Waals surface area contributed by atoms with Crippen LogP contribution in [0.1, 0.15) is 60.3 Å². The van der Waals surface area contributed by atoms with Crippen molar-refractivity contribution >= 4 is 5.91 Å². The zero-order chi connectivity index (χ0) is 22.7. The van der Waals surface area contributed by atoms with E-state index in [1.807, 2.05) is 37.3 Å². The lowest BCUT2D eigenvalue weighted by atomic mass is 9.74. The van der Waals surface area contributed by atoms with Gasteiger partial charge in [0.05, 0.1) is 11.4 Å². The van der Waals surface area contributed by atoms with Crippen LogP contribution in [-0.2, 0) is 6.42 Å². The Morgan fingerprint density at radius 2 is 1.61 bits per heavy atom. The first-order valence-electron chi connectivity index (χ1n) is 12.2. The maximum atomic E-state index is 13.0. The molecule has 33 heavy (non-hydrogen) atoms. The van der Waals surface area contributed by atoms with Gasteiger partial charge in [-0.05, 0) is 82.7 Å². The first kappa shape index (κ1) is 21.8. The van der Waals surface area contributed by atoms with Crippen LogP contribution in [0.15, 0.2) is 60.7 Å². The molecular formula is C27H33N5O. The molecule has 1 N–H and O–H groups in total. The fourth-order valence-corrected chi connectivity index (χ4v) is 5.59. The Hall–Kier alpha value is -2.99. The first-order valence-corrected chi connectivity index (χ1v) is 12.2. The summed E-state index contributed by atoms with van der Waals surface area (Å²) < 4.78 is 0. The summed E-state index contributed by atoms with van der Waals surface area (Å²) in [6.07, 6.45) is 7.92. The molecule has 0 spiro atoms. The van der Waals surface area contributed by atoms with Crippen LogP contribution >= 0.6 is 0 Å².